The van der Waals surface area contributed by atoms with Crippen molar-refractivity contribution >= 4 is 27.4 Å². The zero-order valence-corrected chi connectivity index (χ0v) is 11.4. The first-order valence-corrected chi connectivity index (χ1v) is 6.15. The van der Waals surface area contributed by atoms with Gasteiger partial charge in [0.05, 0.1) is 12.7 Å². The van der Waals surface area contributed by atoms with Crippen LogP contribution in [0.25, 0.3) is 0 Å². The van der Waals surface area contributed by atoms with E-state index in [9.17, 15) is 4.79 Å². The van der Waals surface area contributed by atoms with Crippen LogP contribution in [0, 0.1) is 0 Å². The van der Waals surface area contributed by atoms with Gasteiger partial charge >= 0.3 is 0 Å². The van der Waals surface area contributed by atoms with E-state index in [4.69, 9.17) is 10.5 Å². The minimum Gasteiger partial charge on any atom is -0.496 e. The molecule has 0 radical (unpaired) electrons. The van der Waals surface area contributed by atoms with Crippen molar-refractivity contribution in [2.45, 2.75) is 0 Å². The highest BCUT2D eigenvalue weighted by Crippen LogP contribution is 2.25. The van der Waals surface area contributed by atoms with Gasteiger partial charge < -0.3 is 10.5 Å². The Morgan fingerprint density at radius 1 is 1.22 bits per heavy atom. The number of ether oxygens (including phenoxy) is 1. The Kier molecular flexibility index (Phi) is 3.67. The number of ketones is 1. The maximum Gasteiger partial charge on any atom is 0.196 e. The molecule has 0 bridgehead atoms. The number of carbonyl (C=O) groups is 1. The molecule has 0 saturated heterocycles. The number of rotatable bonds is 3. The van der Waals surface area contributed by atoms with E-state index >= 15 is 0 Å². The van der Waals surface area contributed by atoms with E-state index in [0.29, 0.717) is 27.0 Å². The Labute approximate surface area is 114 Å². The van der Waals surface area contributed by atoms with Crippen LogP contribution < -0.4 is 10.5 Å². The van der Waals surface area contributed by atoms with E-state index in [1.54, 1.807) is 37.4 Å². The summed E-state index contributed by atoms with van der Waals surface area (Å²) in [5.41, 5.74) is 7.41. The third-order valence-electron chi connectivity index (χ3n) is 2.61. The number of hydrogen-bond donors (Lipinski definition) is 1. The molecule has 92 valence electrons. The van der Waals surface area contributed by atoms with Crippen LogP contribution in [-0.2, 0) is 0 Å². The average Bonchev–Trinajstić information content (AvgIpc) is 2.41. The van der Waals surface area contributed by atoms with Crippen molar-refractivity contribution in [1.82, 2.24) is 0 Å². The first-order chi connectivity index (χ1) is 8.63. The Balaban J connectivity index is 2.44. The van der Waals surface area contributed by atoms with E-state index in [-0.39, 0.29) is 5.78 Å². The van der Waals surface area contributed by atoms with Crippen LogP contribution in [0.5, 0.6) is 5.75 Å². The van der Waals surface area contributed by atoms with Crippen LogP contribution in [0.1, 0.15) is 15.9 Å². The maximum atomic E-state index is 12.3. The lowest BCUT2D eigenvalue weighted by molar-refractivity contribution is 0.103. The van der Waals surface area contributed by atoms with Crippen LogP contribution in [0.4, 0.5) is 5.69 Å². The van der Waals surface area contributed by atoms with Crippen LogP contribution in [-0.4, -0.2) is 12.9 Å². The average molecular weight is 306 g/mol. The van der Waals surface area contributed by atoms with E-state index in [0.717, 1.165) is 0 Å². The lowest BCUT2D eigenvalue weighted by Gasteiger charge is -2.08. The summed E-state index contributed by atoms with van der Waals surface area (Å²) >= 11 is 3.31. The normalized spacial score (nSPS) is 10.1. The summed E-state index contributed by atoms with van der Waals surface area (Å²) < 4.78 is 5.90. The second-order valence-electron chi connectivity index (χ2n) is 3.77. The second kappa shape index (κ2) is 5.23. The molecule has 0 unspecified atom stereocenters. The van der Waals surface area contributed by atoms with Gasteiger partial charge in [0.1, 0.15) is 5.75 Å². The lowest BCUT2D eigenvalue weighted by Crippen LogP contribution is -2.04. The van der Waals surface area contributed by atoms with Crippen LogP contribution in [0.3, 0.4) is 0 Å². The molecule has 2 rings (SSSR count). The molecule has 3 nitrogen and oxygen atoms in total. The van der Waals surface area contributed by atoms with Gasteiger partial charge in [0.15, 0.2) is 5.78 Å². The number of hydrogen-bond acceptors (Lipinski definition) is 3. The van der Waals surface area contributed by atoms with Gasteiger partial charge in [-0.1, -0.05) is 12.1 Å². The minimum atomic E-state index is -0.0897. The first kappa shape index (κ1) is 12.6. The highest BCUT2D eigenvalue weighted by atomic mass is 79.9. The summed E-state index contributed by atoms with van der Waals surface area (Å²) in [6, 6.07) is 12.3. The van der Waals surface area contributed by atoms with Gasteiger partial charge in [-0.3, -0.25) is 4.79 Å². The van der Waals surface area contributed by atoms with Crippen molar-refractivity contribution in [3.05, 3.63) is 58.1 Å². The molecule has 0 aromatic heterocycles. The number of anilines is 1. The van der Waals surface area contributed by atoms with Gasteiger partial charge in [0, 0.05) is 15.7 Å². The molecule has 4 heteroatoms. The molecule has 18 heavy (non-hydrogen) atoms. The standard InChI is InChI=1S/C14H12BrNO2/c1-18-13-5-3-2-4-10(13)14(17)9-6-7-12(16)11(15)8-9/h2-8H,16H2,1H3. The maximum absolute atomic E-state index is 12.3. The summed E-state index contributed by atoms with van der Waals surface area (Å²) in [6.07, 6.45) is 0. The molecule has 2 aromatic rings. The third-order valence-corrected chi connectivity index (χ3v) is 3.30. The Hall–Kier alpha value is -1.81. The number of methoxy groups -OCH3 is 1. The molecular weight excluding hydrogens is 294 g/mol. The van der Waals surface area contributed by atoms with Gasteiger partial charge in [-0.25, -0.2) is 0 Å². The van der Waals surface area contributed by atoms with Crippen molar-refractivity contribution in [2.24, 2.45) is 0 Å². The van der Waals surface area contributed by atoms with Gasteiger partial charge in [-0.15, -0.1) is 0 Å². The van der Waals surface area contributed by atoms with E-state index in [1.807, 2.05) is 12.1 Å². The zero-order valence-electron chi connectivity index (χ0n) is 9.81. The van der Waals surface area contributed by atoms with Gasteiger partial charge in [-0.05, 0) is 46.3 Å². The van der Waals surface area contributed by atoms with Crippen LogP contribution in [0.2, 0.25) is 0 Å². The number of nitrogen functional groups attached to an aromatic ring is 1. The lowest BCUT2D eigenvalue weighted by atomic mass is 10.0. The van der Waals surface area contributed by atoms with E-state index in [2.05, 4.69) is 15.9 Å². The highest BCUT2D eigenvalue weighted by Gasteiger charge is 2.14. The molecule has 0 fully saturated rings. The first-order valence-electron chi connectivity index (χ1n) is 5.36. The minimum absolute atomic E-state index is 0.0897. The molecule has 0 amide bonds. The fraction of sp³-hybridized carbons (Fsp3) is 0.0714. The molecule has 0 aliphatic heterocycles. The number of nitrogens with two attached hydrogens (primary N) is 1. The third kappa shape index (κ3) is 2.38. The van der Waals surface area contributed by atoms with Crippen molar-refractivity contribution in [1.29, 1.82) is 0 Å². The van der Waals surface area contributed by atoms with Crippen molar-refractivity contribution in [3.63, 3.8) is 0 Å². The monoisotopic (exact) mass is 305 g/mol. The Morgan fingerprint density at radius 2 is 1.94 bits per heavy atom. The molecule has 0 saturated carbocycles. The number of benzene rings is 2. The fourth-order valence-corrected chi connectivity index (χ4v) is 2.03. The van der Waals surface area contributed by atoms with E-state index < -0.39 is 0 Å². The smallest absolute Gasteiger partial charge is 0.196 e. The Morgan fingerprint density at radius 3 is 2.61 bits per heavy atom. The Bertz CT molecular complexity index is 596. The molecule has 0 aliphatic rings. The quantitative estimate of drug-likeness (QED) is 0.699. The summed E-state index contributed by atoms with van der Waals surface area (Å²) in [4.78, 5) is 12.3. The van der Waals surface area contributed by atoms with Crippen molar-refractivity contribution in [2.75, 3.05) is 12.8 Å². The topological polar surface area (TPSA) is 52.3 Å². The number of para-hydroxylation sites is 1. The predicted octanol–water partition coefficient (Wildman–Crippen LogP) is 3.27. The molecule has 0 heterocycles. The SMILES string of the molecule is COc1ccccc1C(=O)c1ccc(N)c(Br)c1. The van der Waals surface area contributed by atoms with Crippen LogP contribution >= 0.6 is 15.9 Å². The number of carbonyl (C=O) groups excluding carboxylic acids is 1. The second-order valence-corrected chi connectivity index (χ2v) is 4.62. The largest absolute Gasteiger partial charge is 0.496 e. The van der Waals surface area contributed by atoms with E-state index in [1.165, 1.54) is 0 Å². The van der Waals surface area contributed by atoms with Crippen LogP contribution in [0.15, 0.2) is 46.9 Å². The highest BCUT2D eigenvalue weighted by molar-refractivity contribution is 9.10. The summed E-state index contributed by atoms with van der Waals surface area (Å²) in [7, 11) is 1.55. The van der Waals surface area contributed by atoms with Gasteiger partial charge in [0.2, 0.25) is 0 Å². The summed E-state index contributed by atoms with van der Waals surface area (Å²) in [6.45, 7) is 0. The molecule has 2 N–H and O–H groups in total. The molecule has 0 aliphatic carbocycles. The van der Waals surface area contributed by atoms with Gasteiger partial charge in [-0.2, -0.15) is 0 Å². The molecule has 2 aromatic carbocycles. The van der Waals surface area contributed by atoms with Crippen molar-refractivity contribution < 1.29 is 9.53 Å². The molecular formula is C14H12BrNO2. The molecule has 0 atom stereocenters. The van der Waals surface area contributed by atoms with Gasteiger partial charge in [0.25, 0.3) is 0 Å². The predicted molar refractivity (Wildman–Crippen MR) is 75.0 cm³/mol. The number of halogens is 1. The molecule has 0 spiro atoms. The summed E-state index contributed by atoms with van der Waals surface area (Å²) in [5.74, 6) is 0.476. The zero-order chi connectivity index (χ0) is 13.1. The fourth-order valence-electron chi connectivity index (χ4n) is 1.66. The summed E-state index contributed by atoms with van der Waals surface area (Å²) in [5, 5.41) is 0. The van der Waals surface area contributed by atoms with Crippen molar-refractivity contribution in [3.8, 4) is 5.75 Å².